The van der Waals surface area contributed by atoms with Crippen molar-refractivity contribution in [3.05, 3.63) is 29.8 Å². The molecule has 15 heavy (non-hydrogen) atoms. The maximum atomic E-state index is 5.66. The largest absolute Gasteiger partial charge is 0.399 e. The second kappa shape index (κ2) is 4.23. The van der Waals surface area contributed by atoms with Crippen LogP contribution in [0, 0.1) is 5.92 Å². The average molecular weight is 204 g/mol. The highest BCUT2D eigenvalue weighted by molar-refractivity contribution is 5.39. The van der Waals surface area contributed by atoms with Gasteiger partial charge in [0, 0.05) is 18.3 Å². The molecule has 0 spiro atoms. The van der Waals surface area contributed by atoms with Crippen LogP contribution in [0.15, 0.2) is 24.3 Å². The summed E-state index contributed by atoms with van der Waals surface area (Å²) in [7, 11) is 2.21. The summed E-state index contributed by atoms with van der Waals surface area (Å²) in [5.41, 5.74) is 7.85. The first-order chi connectivity index (χ1) is 7.16. The second-order valence-electron chi connectivity index (χ2n) is 4.73. The van der Waals surface area contributed by atoms with E-state index in [0.29, 0.717) is 6.04 Å². The molecule has 1 aromatic carbocycles. The van der Waals surface area contributed by atoms with Crippen molar-refractivity contribution in [1.82, 2.24) is 4.90 Å². The molecular formula is C13H20N2. The van der Waals surface area contributed by atoms with Crippen molar-refractivity contribution in [2.75, 3.05) is 12.8 Å². The molecule has 1 aliphatic carbocycles. The van der Waals surface area contributed by atoms with Crippen molar-refractivity contribution in [2.45, 2.75) is 32.4 Å². The Hall–Kier alpha value is -1.02. The Balaban J connectivity index is 1.92. The first-order valence-electron chi connectivity index (χ1n) is 5.71. The van der Waals surface area contributed by atoms with Crippen molar-refractivity contribution >= 4 is 5.69 Å². The summed E-state index contributed by atoms with van der Waals surface area (Å²) in [4.78, 5) is 2.43. The van der Waals surface area contributed by atoms with E-state index in [1.165, 1.54) is 18.4 Å². The molecule has 0 saturated heterocycles. The van der Waals surface area contributed by atoms with Crippen LogP contribution in [0.1, 0.15) is 25.3 Å². The lowest BCUT2D eigenvalue weighted by molar-refractivity contribution is 0.226. The van der Waals surface area contributed by atoms with E-state index >= 15 is 0 Å². The van der Waals surface area contributed by atoms with E-state index < -0.39 is 0 Å². The van der Waals surface area contributed by atoms with Gasteiger partial charge in [-0.05, 0) is 50.4 Å². The van der Waals surface area contributed by atoms with Crippen molar-refractivity contribution < 1.29 is 0 Å². The molecule has 1 atom stereocenters. The summed E-state index contributed by atoms with van der Waals surface area (Å²) < 4.78 is 0. The van der Waals surface area contributed by atoms with Gasteiger partial charge in [0.05, 0.1) is 0 Å². The Bertz CT molecular complexity index is 314. The SMILES string of the molecule is CC(C1CC1)N(C)Cc1ccc(N)cc1. The van der Waals surface area contributed by atoms with Crippen LogP contribution in [-0.2, 0) is 6.54 Å². The molecule has 0 aromatic heterocycles. The van der Waals surface area contributed by atoms with Crippen LogP contribution in [0.3, 0.4) is 0 Å². The standard InChI is InChI=1S/C13H20N2/c1-10(12-5-6-12)15(2)9-11-3-7-13(14)8-4-11/h3-4,7-8,10,12H,5-6,9,14H2,1-2H3. The smallest absolute Gasteiger partial charge is 0.0314 e. The van der Waals surface area contributed by atoms with Gasteiger partial charge in [-0.15, -0.1) is 0 Å². The fourth-order valence-electron chi connectivity index (χ4n) is 1.99. The highest BCUT2D eigenvalue weighted by Crippen LogP contribution is 2.35. The number of rotatable bonds is 4. The number of hydrogen-bond donors (Lipinski definition) is 1. The molecule has 0 aliphatic heterocycles. The maximum Gasteiger partial charge on any atom is 0.0314 e. The number of nitrogens with two attached hydrogens (primary N) is 1. The molecule has 1 saturated carbocycles. The van der Waals surface area contributed by atoms with Crippen molar-refractivity contribution in [3.63, 3.8) is 0 Å². The van der Waals surface area contributed by atoms with Crippen molar-refractivity contribution in [2.24, 2.45) is 5.92 Å². The van der Waals surface area contributed by atoms with Gasteiger partial charge in [0.15, 0.2) is 0 Å². The van der Waals surface area contributed by atoms with Gasteiger partial charge in [0.25, 0.3) is 0 Å². The summed E-state index contributed by atoms with van der Waals surface area (Å²) >= 11 is 0. The van der Waals surface area contributed by atoms with Crippen LogP contribution in [-0.4, -0.2) is 18.0 Å². The summed E-state index contributed by atoms with van der Waals surface area (Å²) in [6, 6.07) is 8.90. The number of anilines is 1. The van der Waals surface area contributed by atoms with Crippen LogP contribution in [0.25, 0.3) is 0 Å². The van der Waals surface area contributed by atoms with Gasteiger partial charge in [-0.25, -0.2) is 0 Å². The van der Waals surface area contributed by atoms with E-state index in [1.807, 2.05) is 12.1 Å². The second-order valence-corrected chi connectivity index (χ2v) is 4.73. The Morgan fingerprint density at radius 2 is 1.93 bits per heavy atom. The Morgan fingerprint density at radius 1 is 1.33 bits per heavy atom. The van der Waals surface area contributed by atoms with Gasteiger partial charge < -0.3 is 5.73 Å². The van der Waals surface area contributed by atoms with Crippen LogP contribution < -0.4 is 5.73 Å². The van der Waals surface area contributed by atoms with Gasteiger partial charge in [-0.1, -0.05) is 12.1 Å². The molecule has 2 rings (SSSR count). The van der Waals surface area contributed by atoms with Crippen molar-refractivity contribution in [3.8, 4) is 0 Å². The molecule has 1 aliphatic rings. The van der Waals surface area contributed by atoms with Crippen molar-refractivity contribution in [1.29, 1.82) is 0 Å². The maximum absolute atomic E-state index is 5.66. The summed E-state index contributed by atoms with van der Waals surface area (Å²) in [5.74, 6) is 0.934. The molecule has 1 fully saturated rings. The fourth-order valence-corrected chi connectivity index (χ4v) is 1.99. The molecule has 2 N–H and O–H groups in total. The van der Waals surface area contributed by atoms with Gasteiger partial charge in [0.1, 0.15) is 0 Å². The molecule has 0 heterocycles. The van der Waals surface area contributed by atoms with Crippen LogP contribution >= 0.6 is 0 Å². The lowest BCUT2D eigenvalue weighted by Gasteiger charge is -2.24. The predicted octanol–water partition coefficient (Wildman–Crippen LogP) is 2.50. The van der Waals surface area contributed by atoms with Gasteiger partial charge in [-0.2, -0.15) is 0 Å². The van der Waals surface area contributed by atoms with Crippen LogP contribution in [0.2, 0.25) is 0 Å². The molecule has 0 amide bonds. The lowest BCUT2D eigenvalue weighted by atomic mass is 10.1. The summed E-state index contributed by atoms with van der Waals surface area (Å²) in [6.07, 6.45) is 2.82. The van der Waals surface area contributed by atoms with Gasteiger partial charge in [-0.3, -0.25) is 4.90 Å². The molecule has 1 aromatic rings. The molecule has 2 nitrogen and oxygen atoms in total. The molecule has 1 unspecified atom stereocenters. The van der Waals surface area contributed by atoms with Crippen LogP contribution in [0.4, 0.5) is 5.69 Å². The normalized spacial score (nSPS) is 18.1. The van der Waals surface area contributed by atoms with E-state index in [9.17, 15) is 0 Å². The third-order valence-corrected chi connectivity index (χ3v) is 3.41. The number of benzene rings is 1. The number of hydrogen-bond acceptors (Lipinski definition) is 2. The van der Waals surface area contributed by atoms with Crippen LogP contribution in [0.5, 0.6) is 0 Å². The van der Waals surface area contributed by atoms with Gasteiger partial charge >= 0.3 is 0 Å². The zero-order valence-electron chi connectivity index (χ0n) is 9.61. The average Bonchev–Trinajstić information content (AvgIpc) is 3.04. The molecule has 0 bridgehead atoms. The summed E-state index contributed by atoms with van der Waals surface area (Å²) in [6.45, 7) is 3.35. The predicted molar refractivity (Wildman–Crippen MR) is 64.5 cm³/mol. The Morgan fingerprint density at radius 3 is 2.47 bits per heavy atom. The van der Waals surface area contributed by atoms with Gasteiger partial charge in [0.2, 0.25) is 0 Å². The topological polar surface area (TPSA) is 29.3 Å². The zero-order chi connectivity index (χ0) is 10.8. The van der Waals surface area contributed by atoms with E-state index in [0.717, 1.165) is 18.2 Å². The Labute approximate surface area is 92.1 Å². The highest BCUT2D eigenvalue weighted by Gasteiger charge is 2.30. The minimum atomic E-state index is 0.711. The molecular weight excluding hydrogens is 184 g/mol. The number of nitrogens with zero attached hydrogens (tertiary/aromatic N) is 1. The quantitative estimate of drug-likeness (QED) is 0.763. The van der Waals surface area contributed by atoms with E-state index in [-0.39, 0.29) is 0 Å². The van der Waals surface area contributed by atoms with E-state index in [1.54, 1.807) is 0 Å². The lowest BCUT2D eigenvalue weighted by Crippen LogP contribution is -2.30. The summed E-state index contributed by atoms with van der Waals surface area (Å²) in [5, 5.41) is 0. The minimum Gasteiger partial charge on any atom is -0.399 e. The number of nitrogen functional groups attached to an aromatic ring is 1. The van der Waals surface area contributed by atoms with E-state index in [4.69, 9.17) is 5.73 Å². The molecule has 0 radical (unpaired) electrons. The molecule has 82 valence electrons. The first kappa shape index (κ1) is 10.5. The minimum absolute atomic E-state index is 0.711. The first-order valence-corrected chi connectivity index (χ1v) is 5.71. The fraction of sp³-hybridized carbons (Fsp3) is 0.538. The third-order valence-electron chi connectivity index (χ3n) is 3.41. The zero-order valence-corrected chi connectivity index (χ0v) is 9.61. The third kappa shape index (κ3) is 2.72. The monoisotopic (exact) mass is 204 g/mol. The Kier molecular flexibility index (Phi) is 2.96. The highest BCUT2D eigenvalue weighted by atomic mass is 15.1. The van der Waals surface area contributed by atoms with E-state index in [2.05, 4.69) is 31.0 Å². The molecule has 2 heteroatoms.